The number of thiophene rings is 1. The highest BCUT2D eigenvalue weighted by atomic mass is 32.1. The summed E-state index contributed by atoms with van der Waals surface area (Å²) in [5.41, 5.74) is 0.689. The van der Waals surface area contributed by atoms with E-state index in [0.29, 0.717) is 23.2 Å². The number of H-pyrrole nitrogens is 1. The Morgan fingerprint density at radius 2 is 2.42 bits per heavy atom. The van der Waals surface area contributed by atoms with E-state index in [0.717, 1.165) is 30.8 Å². The van der Waals surface area contributed by atoms with Crippen molar-refractivity contribution in [1.82, 2.24) is 15.3 Å². The number of hydrogen-bond donors (Lipinski definition) is 2. The van der Waals surface area contributed by atoms with Gasteiger partial charge < -0.3 is 15.0 Å². The highest BCUT2D eigenvalue weighted by Crippen LogP contribution is 2.29. The Labute approximate surface area is 115 Å². The molecule has 0 atom stereocenters. The fourth-order valence-electron chi connectivity index (χ4n) is 2.45. The van der Waals surface area contributed by atoms with E-state index in [1.807, 2.05) is 18.5 Å². The smallest absolute Gasteiger partial charge is 0.268 e. The summed E-state index contributed by atoms with van der Waals surface area (Å²) in [5, 5.41) is 5.06. The van der Waals surface area contributed by atoms with Gasteiger partial charge in [-0.15, -0.1) is 11.3 Å². The molecule has 0 unspecified atom stereocenters. The third-order valence-corrected chi connectivity index (χ3v) is 4.41. The first kappa shape index (κ1) is 12.8. The Morgan fingerprint density at radius 3 is 3.21 bits per heavy atom. The largest absolute Gasteiger partial charge is 0.370 e. The minimum atomic E-state index is -0.0692. The van der Waals surface area contributed by atoms with E-state index in [4.69, 9.17) is 4.74 Å². The maximum Gasteiger partial charge on any atom is 0.268 e. The second-order valence-electron chi connectivity index (χ2n) is 4.98. The third-order valence-electron chi connectivity index (χ3n) is 3.50. The van der Waals surface area contributed by atoms with Crippen molar-refractivity contribution < 1.29 is 4.74 Å². The molecule has 2 aromatic heterocycles. The first-order valence-corrected chi connectivity index (χ1v) is 7.37. The molecule has 2 heterocycles. The van der Waals surface area contributed by atoms with E-state index in [2.05, 4.69) is 15.3 Å². The SMILES string of the molecule is CNCC1CC(OCc2nc3ccsc3c(=O)[nH]2)C1. The molecular formula is C13H17N3O2S. The summed E-state index contributed by atoms with van der Waals surface area (Å²) < 4.78 is 6.45. The van der Waals surface area contributed by atoms with Crippen LogP contribution in [0.15, 0.2) is 16.2 Å². The zero-order chi connectivity index (χ0) is 13.2. The second kappa shape index (κ2) is 5.40. The van der Waals surface area contributed by atoms with Gasteiger partial charge in [0.05, 0.1) is 11.6 Å². The predicted molar refractivity (Wildman–Crippen MR) is 75.5 cm³/mol. The second-order valence-corrected chi connectivity index (χ2v) is 5.89. The van der Waals surface area contributed by atoms with Crippen molar-refractivity contribution >= 4 is 21.6 Å². The van der Waals surface area contributed by atoms with Gasteiger partial charge in [-0.1, -0.05) is 0 Å². The van der Waals surface area contributed by atoms with Crippen LogP contribution in [0, 0.1) is 5.92 Å². The Balaban J connectivity index is 1.59. The molecule has 2 aromatic rings. The summed E-state index contributed by atoms with van der Waals surface area (Å²) in [7, 11) is 1.97. The molecule has 0 saturated heterocycles. The van der Waals surface area contributed by atoms with Crippen molar-refractivity contribution in [1.29, 1.82) is 0 Å². The van der Waals surface area contributed by atoms with Gasteiger partial charge in [0.1, 0.15) is 17.1 Å². The topological polar surface area (TPSA) is 67.0 Å². The predicted octanol–water partition coefficient (Wildman–Crippen LogP) is 1.50. The molecule has 0 radical (unpaired) electrons. The molecule has 0 aliphatic heterocycles. The van der Waals surface area contributed by atoms with Crippen LogP contribution in [-0.4, -0.2) is 29.7 Å². The summed E-state index contributed by atoms with van der Waals surface area (Å²) in [6.07, 6.45) is 2.49. The first-order chi connectivity index (χ1) is 9.26. The molecule has 0 bridgehead atoms. The van der Waals surface area contributed by atoms with Crippen molar-refractivity contribution in [3.05, 3.63) is 27.6 Å². The lowest BCUT2D eigenvalue weighted by molar-refractivity contribution is -0.0414. The van der Waals surface area contributed by atoms with Crippen molar-refractivity contribution in [3.63, 3.8) is 0 Å². The van der Waals surface area contributed by atoms with Crippen LogP contribution in [0.25, 0.3) is 10.2 Å². The van der Waals surface area contributed by atoms with E-state index in [9.17, 15) is 4.79 Å². The van der Waals surface area contributed by atoms with Gasteiger partial charge in [-0.3, -0.25) is 4.79 Å². The highest BCUT2D eigenvalue weighted by Gasteiger charge is 2.29. The van der Waals surface area contributed by atoms with E-state index in [1.54, 1.807) is 0 Å². The van der Waals surface area contributed by atoms with Crippen LogP contribution in [0.2, 0.25) is 0 Å². The fourth-order valence-corrected chi connectivity index (χ4v) is 3.18. The molecule has 1 aliphatic carbocycles. The van der Waals surface area contributed by atoms with E-state index in [1.165, 1.54) is 11.3 Å². The summed E-state index contributed by atoms with van der Waals surface area (Å²) in [4.78, 5) is 19.0. The van der Waals surface area contributed by atoms with Crippen LogP contribution in [0.3, 0.4) is 0 Å². The number of hydrogen-bond acceptors (Lipinski definition) is 5. The van der Waals surface area contributed by atoms with Crippen LogP contribution in [0.4, 0.5) is 0 Å². The monoisotopic (exact) mass is 279 g/mol. The lowest BCUT2D eigenvalue weighted by atomic mass is 9.82. The van der Waals surface area contributed by atoms with Gasteiger partial charge in [0, 0.05) is 0 Å². The summed E-state index contributed by atoms with van der Waals surface area (Å²) >= 11 is 1.41. The van der Waals surface area contributed by atoms with Gasteiger partial charge >= 0.3 is 0 Å². The zero-order valence-corrected chi connectivity index (χ0v) is 11.6. The molecule has 0 amide bonds. The minimum Gasteiger partial charge on any atom is -0.370 e. The van der Waals surface area contributed by atoms with Crippen LogP contribution in [0.5, 0.6) is 0 Å². The van der Waals surface area contributed by atoms with Gasteiger partial charge in [-0.05, 0) is 43.8 Å². The molecule has 0 aromatic carbocycles. The van der Waals surface area contributed by atoms with Gasteiger partial charge in [-0.2, -0.15) is 0 Å². The Morgan fingerprint density at radius 1 is 1.58 bits per heavy atom. The molecule has 1 saturated carbocycles. The van der Waals surface area contributed by atoms with Gasteiger partial charge in [0.15, 0.2) is 0 Å². The third kappa shape index (κ3) is 2.70. The Bertz CT molecular complexity index is 616. The molecule has 1 aliphatic rings. The summed E-state index contributed by atoms with van der Waals surface area (Å²) in [6, 6.07) is 1.87. The summed E-state index contributed by atoms with van der Waals surface area (Å²) in [6.45, 7) is 1.44. The molecule has 19 heavy (non-hydrogen) atoms. The normalized spacial score (nSPS) is 22.6. The molecule has 6 heteroatoms. The summed E-state index contributed by atoms with van der Waals surface area (Å²) in [5.74, 6) is 1.34. The Kier molecular flexibility index (Phi) is 3.63. The zero-order valence-electron chi connectivity index (χ0n) is 10.8. The lowest BCUT2D eigenvalue weighted by Gasteiger charge is -2.34. The average Bonchev–Trinajstić information content (AvgIpc) is 2.80. The molecular weight excluding hydrogens is 262 g/mol. The standard InChI is InChI=1S/C13H17N3O2S/c1-14-6-8-4-9(5-8)18-7-11-15-10-2-3-19-12(10)13(17)16-11/h2-3,8-9,14H,4-7H2,1H3,(H,15,16,17). The van der Waals surface area contributed by atoms with Gasteiger partial charge in [-0.25, -0.2) is 4.98 Å². The lowest BCUT2D eigenvalue weighted by Crippen LogP contribution is -2.37. The molecule has 5 nitrogen and oxygen atoms in total. The van der Waals surface area contributed by atoms with Crippen molar-refractivity contribution in [2.75, 3.05) is 13.6 Å². The van der Waals surface area contributed by atoms with Gasteiger partial charge in [0.25, 0.3) is 5.56 Å². The molecule has 1 fully saturated rings. The van der Waals surface area contributed by atoms with Crippen molar-refractivity contribution in [2.45, 2.75) is 25.6 Å². The molecule has 0 spiro atoms. The average molecular weight is 279 g/mol. The highest BCUT2D eigenvalue weighted by molar-refractivity contribution is 7.17. The maximum absolute atomic E-state index is 11.8. The number of aromatic amines is 1. The minimum absolute atomic E-state index is 0.0692. The maximum atomic E-state index is 11.8. The quantitative estimate of drug-likeness (QED) is 0.870. The Hall–Kier alpha value is -1.24. The molecule has 102 valence electrons. The van der Waals surface area contributed by atoms with Crippen molar-refractivity contribution in [3.8, 4) is 0 Å². The van der Waals surface area contributed by atoms with Crippen LogP contribution < -0.4 is 10.9 Å². The fraction of sp³-hybridized carbons (Fsp3) is 0.538. The number of rotatable bonds is 5. The molecule has 2 N–H and O–H groups in total. The van der Waals surface area contributed by atoms with Crippen molar-refractivity contribution in [2.24, 2.45) is 5.92 Å². The van der Waals surface area contributed by atoms with E-state index >= 15 is 0 Å². The van der Waals surface area contributed by atoms with Crippen LogP contribution in [-0.2, 0) is 11.3 Å². The molecule has 3 rings (SSSR count). The number of fused-ring (bicyclic) bond motifs is 1. The van der Waals surface area contributed by atoms with E-state index < -0.39 is 0 Å². The van der Waals surface area contributed by atoms with E-state index in [-0.39, 0.29) is 5.56 Å². The van der Waals surface area contributed by atoms with Gasteiger partial charge in [0.2, 0.25) is 0 Å². The number of ether oxygens (including phenoxy) is 1. The number of aromatic nitrogens is 2. The number of nitrogens with zero attached hydrogens (tertiary/aromatic N) is 1. The number of nitrogens with one attached hydrogen (secondary N) is 2. The van der Waals surface area contributed by atoms with Crippen LogP contribution >= 0.6 is 11.3 Å². The first-order valence-electron chi connectivity index (χ1n) is 6.49. The van der Waals surface area contributed by atoms with Crippen LogP contribution in [0.1, 0.15) is 18.7 Å².